The average molecular weight is 182 g/mol. The Morgan fingerprint density at radius 1 is 1.25 bits per heavy atom. The van der Waals surface area contributed by atoms with Gasteiger partial charge in [-0.15, -0.1) is 0 Å². The number of nitrogens with zero attached hydrogens (tertiary/aromatic N) is 1. The number of hydrogen-bond donors (Lipinski definition) is 1. The van der Waals surface area contributed by atoms with E-state index in [2.05, 4.69) is 5.16 Å². The normalized spacial score (nSPS) is 11.4. The molecule has 0 fully saturated rings. The summed E-state index contributed by atoms with van der Waals surface area (Å²) < 4.78 is 0. The molecule has 0 saturated carbocycles. The van der Waals surface area contributed by atoms with Crippen molar-refractivity contribution >= 4 is 23.9 Å². The van der Waals surface area contributed by atoms with Crippen LogP contribution in [0.4, 0.5) is 0 Å². The van der Waals surface area contributed by atoms with Crippen molar-refractivity contribution in [2.75, 3.05) is 0 Å². The Bertz CT molecular complexity index is 290. The zero-order valence-corrected chi connectivity index (χ0v) is 7.07. The maximum atomic E-state index is 8.09. The summed E-state index contributed by atoms with van der Waals surface area (Å²) in [7, 11) is 0. The van der Waals surface area contributed by atoms with Crippen LogP contribution in [0, 0.1) is 0 Å². The van der Waals surface area contributed by atoms with Crippen molar-refractivity contribution in [3.05, 3.63) is 40.9 Å². The number of oxime groups is 1. The molecule has 1 N–H and O–H groups in total. The van der Waals surface area contributed by atoms with Crippen LogP contribution in [0.1, 0.15) is 5.56 Å². The van der Waals surface area contributed by atoms with Crippen LogP contribution < -0.4 is 0 Å². The molecule has 1 rings (SSSR count). The number of hydrogen-bond acceptors (Lipinski definition) is 2. The quantitative estimate of drug-likeness (QED) is 0.425. The highest BCUT2D eigenvalue weighted by molar-refractivity contribution is 6.30. The van der Waals surface area contributed by atoms with Crippen LogP contribution in [0.5, 0.6) is 0 Å². The van der Waals surface area contributed by atoms with E-state index in [0.29, 0.717) is 5.02 Å². The van der Waals surface area contributed by atoms with Crippen molar-refractivity contribution < 1.29 is 5.21 Å². The van der Waals surface area contributed by atoms with E-state index in [0.717, 1.165) is 5.56 Å². The summed E-state index contributed by atoms with van der Waals surface area (Å²) in [5.41, 5.74) is 1.01. The first-order valence-electron chi connectivity index (χ1n) is 3.42. The molecule has 62 valence electrons. The summed E-state index contributed by atoms with van der Waals surface area (Å²) >= 11 is 5.68. The van der Waals surface area contributed by atoms with Crippen molar-refractivity contribution in [1.29, 1.82) is 0 Å². The fraction of sp³-hybridized carbons (Fsp3) is 0. The molecular weight excluding hydrogens is 174 g/mol. The summed E-state index contributed by atoms with van der Waals surface area (Å²) in [6.45, 7) is 0. The fourth-order valence-corrected chi connectivity index (χ4v) is 0.893. The molecule has 2 nitrogen and oxygen atoms in total. The second-order valence-electron chi connectivity index (χ2n) is 2.18. The molecule has 0 saturated heterocycles. The van der Waals surface area contributed by atoms with Crippen molar-refractivity contribution in [3.8, 4) is 0 Å². The van der Waals surface area contributed by atoms with Crippen LogP contribution in [0.25, 0.3) is 6.08 Å². The van der Waals surface area contributed by atoms with Crippen LogP contribution >= 0.6 is 11.6 Å². The molecule has 1 aromatic rings. The second-order valence-corrected chi connectivity index (χ2v) is 2.61. The Kier molecular flexibility index (Phi) is 3.35. The Balaban J connectivity index is 2.70. The molecule has 0 amide bonds. The maximum absolute atomic E-state index is 8.09. The smallest absolute Gasteiger partial charge is 0.0661 e. The van der Waals surface area contributed by atoms with Gasteiger partial charge < -0.3 is 5.21 Å². The summed E-state index contributed by atoms with van der Waals surface area (Å²) in [4.78, 5) is 0. The van der Waals surface area contributed by atoms with Gasteiger partial charge in [-0.3, -0.25) is 0 Å². The zero-order valence-electron chi connectivity index (χ0n) is 6.31. The van der Waals surface area contributed by atoms with Gasteiger partial charge in [0.2, 0.25) is 0 Å². The second kappa shape index (κ2) is 4.57. The Morgan fingerprint density at radius 2 is 1.92 bits per heavy atom. The van der Waals surface area contributed by atoms with Crippen LogP contribution in [-0.2, 0) is 0 Å². The summed E-state index contributed by atoms with van der Waals surface area (Å²) in [6.07, 6.45) is 4.76. The highest BCUT2D eigenvalue weighted by Crippen LogP contribution is 2.10. The average Bonchev–Trinajstić information content (AvgIpc) is 2.09. The topological polar surface area (TPSA) is 32.6 Å². The van der Waals surface area contributed by atoms with Gasteiger partial charge >= 0.3 is 0 Å². The maximum Gasteiger partial charge on any atom is 0.0661 e. The van der Waals surface area contributed by atoms with Gasteiger partial charge in [0.05, 0.1) is 6.21 Å². The zero-order chi connectivity index (χ0) is 8.81. The van der Waals surface area contributed by atoms with Crippen LogP contribution in [0.15, 0.2) is 35.5 Å². The molecule has 0 atom stereocenters. The standard InChI is InChI=1S/C9H8ClNO/c10-9-5-3-8(4-6-9)2-1-7-11-12/h1-7,12H/b2-1+,11-7?. The molecule has 0 spiro atoms. The third-order valence-corrected chi connectivity index (χ3v) is 1.56. The van der Waals surface area contributed by atoms with E-state index in [1.165, 1.54) is 6.21 Å². The van der Waals surface area contributed by atoms with E-state index in [1.54, 1.807) is 18.2 Å². The molecule has 0 aliphatic carbocycles. The van der Waals surface area contributed by atoms with E-state index in [-0.39, 0.29) is 0 Å². The Labute approximate surface area is 75.8 Å². The van der Waals surface area contributed by atoms with Crippen molar-refractivity contribution in [3.63, 3.8) is 0 Å². The molecule has 0 aromatic heterocycles. The summed E-state index contributed by atoms with van der Waals surface area (Å²) in [6, 6.07) is 7.36. The highest BCUT2D eigenvalue weighted by atomic mass is 35.5. The minimum Gasteiger partial charge on any atom is -0.411 e. The lowest BCUT2D eigenvalue weighted by molar-refractivity contribution is 0.322. The molecule has 0 heterocycles. The van der Waals surface area contributed by atoms with Gasteiger partial charge in [-0.25, -0.2) is 0 Å². The lowest BCUT2D eigenvalue weighted by Gasteiger charge is -1.91. The van der Waals surface area contributed by atoms with E-state index in [9.17, 15) is 0 Å². The lowest BCUT2D eigenvalue weighted by Crippen LogP contribution is -1.70. The summed E-state index contributed by atoms with van der Waals surface area (Å²) in [5, 5.41) is 11.6. The van der Waals surface area contributed by atoms with Crippen molar-refractivity contribution in [2.45, 2.75) is 0 Å². The third kappa shape index (κ3) is 2.76. The molecule has 0 radical (unpaired) electrons. The van der Waals surface area contributed by atoms with E-state index >= 15 is 0 Å². The van der Waals surface area contributed by atoms with Gasteiger partial charge in [-0.05, 0) is 23.8 Å². The monoisotopic (exact) mass is 181 g/mol. The first kappa shape index (κ1) is 8.81. The SMILES string of the molecule is ON=C/C=C/c1ccc(Cl)cc1. The van der Waals surface area contributed by atoms with E-state index in [4.69, 9.17) is 16.8 Å². The van der Waals surface area contributed by atoms with Crippen LogP contribution in [0.2, 0.25) is 5.02 Å². The van der Waals surface area contributed by atoms with Gasteiger partial charge in [0.25, 0.3) is 0 Å². The van der Waals surface area contributed by atoms with Gasteiger partial charge in [-0.1, -0.05) is 35.0 Å². The minimum absolute atomic E-state index is 0.711. The largest absolute Gasteiger partial charge is 0.411 e. The molecule has 1 aromatic carbocycles. The Hall–Kier alpha value is -1.28. The molecule has 0 aliphatic heterocycles. The summed E-state index contributed by atoms with van der Waals surface area (Å²) in [5.74, 6) is 0. The van der Waals surface area contributed by atoms with Crippen molar-refractivity contribution in [1.82, 2.24) is 0 Å². The first-order chi connectivity index (χ1) is 5.83. The predicted molar refractivity (Wildman–Crippen MR) is 50.8 cm³/mol. The number of allylic oxidation sites excluding steroid dienone is 1. The number of halogens is 1. The molecule has 0 bridgehead atoms. The van der Waals surface area contributed by atoms with E-state index in [1.807, 2.05) is 18.2 Å². The molecule has 12 heavy (non-hydrogen) atoms. The van der Waals surface area contributed by atoms with Gasteiger partial charge in [0, 0.05) is 5.02 Å². The third-order valence-electron chi connectivity index (χ3n) is 1.31. The predicted octanol–water partition coefficient (Wildman–Crippen LogP) is 2.81. The number of benzene rings is 1. The molecule has 0 aliphatic rings. The Morgan fingerprint density at radius 3 is 2.50 bits per heavy atom. The molecule has 3 heteroatoms. The first-order valence-corrected chi connectivity index (χ1v) is 3.80. The lowest BCUT2D eigenvalue weighted by atomic mass is 10.2. The molecular formula is C9H8ClNO. The molecule has 0 unspecified atom stereocenters. The van der Waals surface area contributed by atoms with Crippen molar-refractivity contribution in [2.24, 2.45) is 5.16 Å². The fourth-order valence-electron chi connectivity index (χ4n) is 0.767. The van der Waals surface area contributed by atoms with Gasteiger partial charge in [0.1, 0.15) is 0 Å². The number of rotatable bonds is 2. The van der Waals surface area contributed by atoms with Gasteiger partial charge in [-0.2, -0.15) is 0 Å². The highest BCUT2D eigenvalue weighted by Gasteiger charge is 1.85. The van der Waals surface area contributed by atoms with Gasteiger partial charge in [0.15, 0.2) is 0 Å². The van der Waals surface area contributed by atoms with Crippen LogP contribution in [0.3, 0.4) is 0 Å². The van der Waals surface area contributed by atoms with Crippen LogP contribution in [-0.4, -0.2) is 11.4 Å². The van der Waals surface area contributed by atoms with E-state index < -0.39 is 0 Å². The minimum atomic E-state index is 0.711.